The summed E-state index contributed by atoms with van der Waals surface area (Å²) in [6.07, 6.45) is 1.80. The zero-order chi connectivity index (χ0) is 28.9. The lowest BCUT2D eigenvalue weighted by Gasteiger charge is -2.27. The summed E-state index contributed by atoms with van der Waals surface area (Å²) < 4.78 is 21.0. The van der Waals surface area contributed by atoms with Crippen molar-refractivity contribution in [2.75, 3.05) is 6.61 Å². The molecule has 1 atom stereocenters. The molecule has 0 saturated carbocycles. The molecule has 0 radical (unpaired) electrons. The second-order valence-electron chi connectivity index (χ2n) is 11.8. The molecular formula is C31H35FN2O4S. The number of aromatic nitrogens is 1. The number of allylic oxidation sites excluding steroid dienone is 1. The molecule has 1 N–H and O–H groups in total. The van der Waals surface area contributed by atoms with Crippen LogP contribution in [0, 0.1) is 5.82 Å². The first-order valence-electron chi connectivity index (χ1n) is 13.0. The molecule has 8 heteroatoms. The normalized spacial score (nSPS) is 16.2. The minimum Gasteiger partial charge on any atom is -0.507 e. The molecule has 0 spiro atoms. The molecule has 0 saturated heterocycles. The number of carbonyl (C=O) groups is 1. The Kier molecular flexibility index (Phi) is 7.47. The predicted octanol–water partition coefficient (Wildman–Crippen LogP) is 5.24. The van der Waals surface area contributed by atoms with Crippen LogP contribution in [0.2, 0.25) is 0 Å². The number of ether oxygens (including phenoxy) is 1. The maximum atomic E-state index is 13.9. The number of phenols is 1. The third kappa shape index (κ3) is 5.48. The molecule has 1 aliphatic heterocycles. The zero-order valence-electron chi connectivity index (χ0n) is 23.7. The van der Waals surface area contributed by atoms with Gasteiger partial charge in [0.1, 0.15) is 11.6 Å². The minimum absolute atomic E-state index is 0.170. The molecule has 0 fully saturated rings. The van der Waals surface area contributed by atoms with Gasteiger partial charge in [-0.15, -0.1) is 0 Å². The maximum Gasteiger partial charge on any atom is 0.338 e. The van der Waals surface area contributed by atoms with Gasteiger partial charge < -0.3 is 9.84 Å². The Morgan fingerprint density at radius 3 is 2.18 bits per heavy atom. The summed E-state index contributed by atoms with van der Waals surface area (Å²) in [7, 11) is 0. The van der Waals surface area contributed by atoms with Crippen LogP contribution < -0.4 is 14.9 Å². The van der Waals surface area contributed by atoms with Crippen LogP contribution in [-0.4, -0.2) is 22.2 Å². The van der Waals surface area contributed by atoms with E-state index >= 15 is 0 Å². The van der Waals surface area contributed by atoms with Gasteiger partial charge in [-0.1, -0.05) is 65.0 Å². The fourth-order valence-electron chi connectivity index (χ4n) is 4.79. The molecule has 2 heterocycles. The van der Waals surface area contributed by atoms with E-state index in [0.717, 1.165) is 16.7 Å². The molecular weight excluding hydrogens is 515 g/mol. The number of hydrogen-bond acceptors (Lipinski definition) is 6. The summed E-state index contributed by atoms with van der Waals surface area (Å²) in [4.78, 5) is 32.0. The number of hydrogen-bond donors (Lipinski definition) is 1. The monoisotopic (exact) mass is 550 g/mol. The summed E-state index contributed by atoms with van der Waals surface area (Å²) in [6.45, 7) is 15.8. The SMILES string of the molecule is CCOC(=O)C1=C(C)N=c2s/c(=C/c3cc(C(C)(C)C)c(O)c(C(C)(C)C)c3)c(=O)n2C1c1ccc(F)cc1. The first-order chi connectivity index (χ1) is 18.1. The van der Waals surface area contributed by atoms with Crippen LogP contribution in [0.25, 0.3) is 6.08 Å². The second kappa shape index (κ2) is 10.2. The number of carbonyl (C=O) groups excluding carboxylic acids is 1. The summed E-state index contributed by atoms with van der Waals surface area (Å²) in [6, 6.07) is 8.77. The van der Waals surface area contributed by atoms with Crippen LogP contribution in [0.15, 0.2) is 57.5 Å². The highest BCUT2D eigenvalue weighted by atomic mass is 32.1. The average Bonchev–Trinajstić information content (AvgIpc) is 3.12. The van der Waals surface area contributed by atoms with Gasteiger partial charge in [-0.25, -0.2) is 14.2 Å². The number of esters is 1. The lowest BCUT2D eigenvalue weighted by atomic mass is 9.78. The third-order valence-electron chi connectivity index (χ3n) is 6.75. The number of rotatable bonds is 4. The molecule has 0 aliphatic carbocycles. The van der Waals surface area contributed by atoms with E-state index in [4.69, 9.17) is 4.74 Å². The van der Waals surface area contributed by atoms with Gasteiger partial charge in [0.15, 0.2) is 4.80 Å². The van der Waals surface area contributed by atoms with Gasteiger partial charge >= 0.3 is 5.97 Å². The number of fused-ring (bicyclic) bond motifs is 1. The standard InChI is InChI=1S/C31H35FN2O4S/c1-9-38-28(37)24-17(2)33-29-34(25(24)19-10-12-20(32)13-11-19)27(36)23(39-29)16-18-14-21(30(3,4)5)26(35)22(15-18)31(6,7)8/h10-16,25,35H,9H2,1-8H3/b23-16+. The number of benzene rings is 2. The highest BCUT2D eigenvalue weighted by Gasteiger charge is 2.33. The Morgan fingerprint density at radius 2 is 1.67 bits per heavy atom. The Morgan fingerprint density at radius 1 is 1.10 bits per heavy atom. The number of phenolic OH excluding ortho intramolecular Hbond substituents is 1. The molecule has 3 aromatic rings. The topological polar surface area (TPSA) is 80.9 Å². The summed E-state index contributed by atoms with van der Waals surface area (Å²) in [5.41, 5.74) is 2.68. The quantitative estimate of drug-likeness (QED) is 0.451. The Hall–Kier alpha value is -3.52. The number of aromatic hydroxyl groups is 1. The average molecular weight is 551 g/mol. The van der Waals surface area contributed by atoms with Crippen LogP contribution in [0.3, 0.4) is 0 Å². The molecule has 1 unspecified atom stereocenters. The van der Waals surface area contributed by atoms with Crippen molar-refractivity contribution >= 4 is 23.4 Å². The van der Waals surface area contributed by atoms with E-state index in [2.05, 4.69) is 4.99 Å². The van der Waals surface area contributed by atoms with Gasteiger partial charge in [-0.2, -0.15) is 0 Å². The first-order valence-corrected chi connectivity index (χ1v) is 13.8. The number of thiazole rings is 1. The first kappa shape index (κ1) is 28.5. The molecule has 1 aliphatic rings. The molecule has 1 aromatic heterocycles. The van der Waals surface area contributed by atoms with Crippen molar-refractivity contribution in [2.24, 2.45) is 4.99 Å². The van der Waals surface area contributed by atoms with Crippen LogP contribution in [-0.2, 0) is 20.4 Å². The van der Waals surface area contributed by atoms with Crippen LogP contribution in [0.1, 0.15) is 83.7 Å². The molecule has 6 nitrogen and oxygen atoms in total. The number of nitrogens with zero attached hydrogens (tertiary/aromatic N) is 2. The van der Waals surface area contributed by atoms with E-state index < -0.39 is 17.8 Å². The van der Waals surface area contributed by atoms with Crippen molar-refractivity contribution in [2.45, 2.75) is 72.3 Å². The third-order valence-corrected chi connectivity index (χ3v) is 7.73. The van der Waals surface area contributed by atoms with Crippen molar-refractivity contribution in [1.82, 2.24) is 4.57 Å². The predicted molar refractivity (Wildman–Crippen MR) is 152 cm³/mol. The van der Waals surface area contributed by atoms with Crippen molar-refractivity contribution < 1.29 is 19.0 Å². The van der Waals surface area contributed by atoms with Gasteiger partial charge in [0.05, 0.1) is 28.5 Å². The smallest absolute Gasteiger partial charge is 0.338 e. The lowest BCUT2D eigenvalue weighted by Crippen LogP contribution is -2.39. The second-order valence-corrected chi connectivity index (χ2v) is 12.8. The Bertz CT molecular complexity index is 1610. The highest BCUT2D eigenvalue weighted by Crippen LogP contribution is 2.40. The summed E-state index contributed by atoms with van der Waals surface area (Å²) in [5.74, 6) is -0.716. The van der Waals surface area contributed by atoms with Gasteiger partial charge in [0.25, 0.3) is 5.56 Å². The van der Waals surface area contributed by atoms with Gasteiger partial charge in [-0.3, -0.25) is 9.36 Å². The van der Waals surface area contributed by atoms with E-state index in [9.17, 15) is 19.1 Å². The molecule has 39 heavy (non-hydrogen) atoms. The zero-order valence-corrected chi connectivity index (χ0v) is 24.5. The Balaban J connectivity index is 1.99. The molecule has 0 bridgehead atoms. The van der Waals surface area contributed by atoms with E-state index in [0.29, 0.717) is 20.6 Å². The van der Waals surface area contributed by atoms with Crippen LogP contribution in [0.4, 0.5) is 4.39 Å². The van der Waals surface area contributed by atoms with Gasteiger partial charge in [0, 0.05) is 11.1 Å². The van der Waals surface area contributed by atoms with E-state index in [1.54, 1.807) is 32.1 Å². The van der Waals surface area contributed by atoms with Gasteiger partial charge in [0.2, 0.25) is 0 Å². The highest BCUT2D eigenvalue weighted by molar-refractivity contribution is 7.07. The van der Waals surface area contributed by atoms with Crippen molar-refractivity contribution in [3.8, 4) is 5.75 Å². The summed E-state index contributed by atoms with van der Waals surface area (Å²) in [5, 5.41) is 11.1. The van der Waals surface area contributed by atoms with E-state index in [1.807, 2.05) is 53.7 Å². The van der Waals surface area contributed by atoms with Crippen molar-refractivity contribution in [3.63, 3.8) is 0 Å². The van der Waals surface area contributed by atoms with Crippen LogP contribution >= 0.6 is 11.3 Å². The largest absolute Gasteiger partial charge is 0.507 e. The van der Waals surface area contributed by atoms with Crippen molar-refractivity contribution in [3.05, 3.63) is 95.4 Å². The van der Waals surface area contributed by atoms with Crippen molar-refractivity contribution in [1.29, 1.82) is 0 Å². The maximum absolute atomic E-state index is 13.9. The molecule has 0 amide bonds. The summed E-state index contributed by atoms with van der Waals surface area (Å²) >= 11 is 1.23. The van der Waals surface area contributed by atoms with Gasteiger partial charge in [-0.05, 0) is 66.1 Å². The Labute approximate surface area is 231 Å². The fourth-order valence-corrected chi connectivity index (χ4v) is 5.83. The number of halogens is 1. The lowest BCUT2D eigenvalue weighted by molar-refractivity contribution is -0.139. The van der Waals surface area contributed by atoms with Crippen LogP contribution in [0.5, 0.6) is 5.75 Å². The fraction of sp³-hybridized carbons (Fsp3) is 0.387. The molecule has 206 valence electrons. The van der Waals surface area contributed by atoms with E-state index in [-0.39, 0.29) is 34.3 Å². The molecule has 2 aromatic carbocycles. The van der Waals surface area contributed by atoms with E-state index in [1.165, 1.54) is 28.0 Å². The molecule has 4 rings (SSSR count). The minimum atomic E-state index is -0.807.